The molecule has 10 heteroatoms. The van der Waals surface area contributed by atoms with E-state index in [9.17, 15) is 18.0 Å². The number of hydrogen-bond acceptors (Lipinski definition) is 6. The number of fused-ring (bicyclic) bond motifs is 1. The molecule has 1 unspecified atom stereocenters. The molecule has 1 fully saturated rings. The number of sulfone groups is 1. The van der Waals surface area contributed by atoms with Crippen molar-refractivity contribution in [2.75, 3.05) is 18.1 Å². The number of aryl methyl sites for hydroxylation is 2. The number of aromatic amines is 1. The fraction of sp³-hybridized carbons (Fsp3) is 0.737. The molecule has 1 N–H and O–H groups in total. The van der Waals surface area contributed by atoms with Crippen molar-refractivity contribution < 1.29 is 8.42 Å². The van der Waals surface area contributed by atoms with Gasteiger partial charge in [0.15, 0.2) is 21.0 Å². The fourth-order valence-corrected chi connectivity index (χ4v) is 5.89. The first-order valence-electron chi connectivity index (χ1n) is 10.5. The summed E-state index contributed by atoms with van der Waals surface area (Å²) in [6, 6.07) is -0.0364. The van der Waals surface area contributed by atoms with Crippen LogP contribution in [0.2, 0.25) is 0 Å². The number of rotatable bonds is 9. The van der Waals surface area contributed by atoms with Gasteiger partial charge in [0.2, 0.25) is 0 Å². The summed E-state index contributed by atoms with van der Waals surface area (Å²) in [6.07, 6.45) is 3.26. The molecule has 1 atom stereocenters. The van der Waals surface area contributed by atoms with Crippen molar-refractivity contribution in [1.82, 2.24) is 24.0 Å². The fourth-order valence-electron chi connectivity index (χ4n) is 4.13. The van der Waals surface area contributed by atoms with Crippen molar-refractivity contribution in [3.63, 3.8) is 0 Å². The molecular weight excluding hydrogens is 394 g/mol. The van der Waals surface area contributed by atoms with E-state index >= 15 is 0 Å². The van der Waals surface area contributed by atoms with Crippen LogP contribution in [0.15, 0.2) is 9.59 Å². The van der Waals surface area contributed by atoms with Crippen LogP contribution in [0.5, 0.6) is 0 Å². The van der Waals surface area contributed by atoms with Gasteiger partial charge in [0, 0.05) is 19.1 Å². The van der Waals surface area contributed by atoms with E-state index in [1.807, 2.05) is 18.4 Å². The highest BCUT2D eigenvalue weighted by molar-refractivity contribution is 7.91. The molecule has 0 amide bonds. The van der Waals surface area contributed by atoms with Crippen LogP contribution in [0, 0.1) is 0 Å². The van der Waals surface area contributed by atoms with E-state index in [0.717, 1.165) is 25.8 Å². The van der Waals surface area contributed by atoms with E-state index in [0.29, 0.717) is 43.0 Å². The Morgan fingerprint density at radius 3 is 2.52 bits per heavy atom. The first-order valence-corrected chi connectivity index (χ1v) is 12.3. The van der Waals surface area contributed by atoms with E-state index in [1.165, 1.54) is 0 Å². The van der Waals surface area contributed by atoms with Gasteiger partial charge >= 0.3 is 5.69 Å². The summed E-state index contributed by atoms with van der Waals surface area (Å²) in [6.45, 7) is 8.31. The summed E-state index contributed by atoms with van der Waals surface area (Å²) >= 11 is 0. The topological polar surface area (TPSA) is 110 Å². The van der Waals surface area contributed by atoms with Gasteiger partial charge in [0.1, 0.15) is 5.82 Å². The highest BCUT2D eigenvalue weighted by Crippen LogP contribution is 2.21. The SMILES string of the molecule is CCCCn1c(=O)[nH]c(=O)c2c1nc(CN(CCC)C1CCS(=O)(=O)C1)n2CC. The third-order valence-electron chi connectivity index (χ3n) is 5.60. The van der Waals surface area contributed by atoms with Crippen LogP contribution in [-0.2, 0) is 29.5 Å². The summed E-state index contributed by atoms with van der Waals surface area (Å²) in [5, 5.41) is 0. The molecule has 1 saturated heterocycles. The van der Waals surface area contributed by atoms with E-state index in [1.54, 1.807) is 4.57 Å². The molecule has 2 aromatic heterocycles. The Morgan fingerprint density at radius 2 is 1.93 bits per heavy atom. The van der Waals surface area contributed by atoms with Gasteiger partial charge in [-0.25, -0.2) is 18.2 Å². The Hall–Kier alpha value is -1.94. The minimum absolute atomic E-state index is 0.0364. The normalized spacial score (nSPS) is 18.8. The second kappa shape index (κ2) is 8.83. The summed E-state index contributed by atoms with van der Waals surface area (Å²) in [5.74, 6) is 1.08. The van der Waals surface area contributed by atoms with Gasteiger partial charge in [-0.1, -0.05) is 20.3 Å². The van der Waals surface area contributed by atoms with Gasteiger partial charge in [-0.15, -0.1) is 0 Å². The number of H-pyrrole nitrogens is 1. The molecule has 0 spiro atoms. The van der Waals surface area contributed by atoms with Crippen LogP contribution in [0.3, 0.4) is 0 Å². The lowest BCUT2D eigenvalue weighted by molar-refractivity contribution is 0.196. The summed E-state index contributed by atoms with van der Waals surface area (Å²) in [5.41, 5.74) is -0.0346. The molecule has 1 aliphatic heterocycles. The van der Waals surface area contributed by atoms with Crippen molar-refractivity contribution in [3.8, 4) is 0 Å². The van der Waals surface area contributed by atoms with Crippen LogP contribution in [0.4, 0.5) is 0 Å². The maximum Gasteiger partial charge on any atom is 0.330 e. The number of aromatic nitrogens is 4. The van der Waals surface area contributed by atoms with E-state index in [-0.39, 0.29) is 17.5 Å². The average molecular weight is 426 g/mol. The highest BCUT2D eigenvalue weighted by Gasteiger charge is 2.33. The van der Waals surface area contributed by atoms with Gasteiger partial charge < -0.3 is 4.57 Å². The summed E-state index contributed by atoms with van der Waals surface area (Å²) < 4.78 is 27.3. The van der Waals surface area contributed by atoms with Crippen molar-refractivity contribution in [2.24, 2.45) is 0 Å². The molecule has 162 valence electrons. The number of unbranched alkanes of at least 4 members (excludes halogenated alkanes) is 1. The number of nitrogens with one attached hydrogen (secondary N) is 1. The van der Waals surface area contributed by atoms with Gasteiger partial charge in [-0.05, 0) is 32.7 Å². The molecule has 0 bridgehead atoms. The molecule has 29 heavy (non-hydrogen) atoms. The lowest BCUT2D eigenvalue weighted by Crippen LogP contribution is -2.37. The lowest BCUT2D eigenvalue weighted by Gasteiger charge is -2.27. The predicted octanol–water partition coefficient (Wildman–Crippen LogP) is 1.11. The molecule has 9 nitrogen and oxygen atoms in total. The molecule has 0 aromatic carbocycles. The number of imidazole rings is 1. The van der Waals surface area contributed by atoms with Crippen molar-refractivity contribution in [2.45, 2.75) is 72.1 Å². The van der Waals surface area contributed by atoms with Gasteiger partial charge in [0.25, 0.3) is 5.56 Å². The molecule has 2 aromatic rings. The van der Waals surface area contributed by atoms with Crippen LogP contribution in [0.25, 0.3) is 11.2 Å². The van der Waals surface area contributed by atoms with Crippen molar-refractivity contribution in [3.05, 3.63) is 26.7 Å². The van der Waals surface area contributed by atoms with Crippen LogP contribution in [-0.4, -0.2) is 56.5 Å². The Balaban J connectivity index is 2.05. The minimum atomic E-state index is -2.99. The second-order valence-corrected chi connectivity index (χ2v) is 9.97. The minimum Gasteiger partial charge on any atom is -0.321 e. The molecule has 1 aliphatic rings. The first kappa shape index (κ1) is 21.8. The van der Waals surface area contributed by atoms with Gasteiger partial charge in [-0.3, -0.25) is 19.2 Å². The van der Waals surface area contributed by atoms with Crippen molar-refractivity contribution >= 4 is 21.0 Å². The molecule has 0 saturated carbocycles. The average Bonchev–Trinajstić information content (AvgIpc) is 3.21. The van der Waals surface area contributed by atoms with E-state index in [4.69, 9.17) is 4.98 Å². The van der Waals surface area contributed by atoms with Gasteiger partial charge in [-0.2, -0.15) is 0 Å². The van der Waals surface area contributed by atoms with Crippen LogP contribution < -0.4 is 11.2 Å². The Morgan fingerprint density at radius 1 is 1.17 bits per heavy atom. The third-order valence-corrected chi connectivity index (χ3v) is 7.35. The number of nitrogens with zero attached hydrogens (tertiary/aromatic N) is 4. The maximum atomic E-state index is 12.5. The zero-order chi connectivity index (χ0) is 21.2. The Labute approximate surface area is 170 Å². The molecular formula is C19H31N5O4S. The largest absolute Gasteiger partial charge is 0.330 e. The first-order chi connectivity index (χ1) is 13.8. The Kier molecular flexibility index (Phi) is 6.62. The molecule has 0 radical (unpaired) electrons. The summed E-state index contributed by atoms with van der Waals surface area (Å²) in [4.78, 5) is 34.2. The smallest absolute Gasteiger partial charge is 0.321 e. The highest BCUT2D eigenvalue weighted by atomic mass is 32.2. The molecule has 3 rings (SSSR count). The maximum absolute atomic E-state index is 12.5. The second-order valence-electron chi connectivity index (χ2n) is 7.74. The monoisotopic (exact) mass is 425 g/mol. The zero-order valence-electron chi connectivity index (χ0n) is 17.5. The van der Waals surface area contributed by atoms with E-state index in [2.05, 4.69) is 16.8 Å². The van der Waals surface area contributed by atoms with Crippen LogP contribution in [0.1, 0.15) is 52.3 Å². The number of hydrogen-bond donors (Lipinski definition) is 1. The predicted molar refractivity (Wildman–Crippen MR) is 113 cm³/mol. The standard InChI is InChI=1S/C19H31N5O4S/c1-4-7-10-24-17-16(18(25)21-19(24)26)23(6-3)15(20-17)12-22(9-5-2)14-8-11-29(27,28)13-14/h14H,4-13H2,1-3H3,(H,21,25,26). The Bertz CT molecular complexity index is 1080. The van der Waals surface area contributed by atoms with Gasteiger partial charge in [0.05, 0.1) is 18.1 Å². The van der Waals surface area contributed by atoms with Crippen LogP contribution >= 0.6 is 0 Å². The van der Waals surface area contributed by atoms with E-state index < -0.39 is 21.1 Å². The zero-order valence-corrected chi connectivity index (χ0v) is 18.3. The lowest BCUT2D eigenvalue weighted by atomic mass is 10.2. The molecule has 3 heterocycles. The molecule has 0 aliphatic carbocycles. The quantitative estimate of drug-likeness (QED) is 0.644. The van der Waals surface area contributed by atoms with Crippen molar-refractivity contribution in [1.29, 1.82) is 0 Å². The summed E-state index contributed by atoms with van der Waals surface area (Å²) in [7, 11) is -2.99. The third kappa shape index (κ3) is 4.48.